The molecule has 2 unspecified atom stereocenters. The highest BCUT2D eigenvalue weighted by Crippen LogP contribution is 2.50. The summed E-state index contributed by atoms with van der Waals surface area (Å²) in [6, 6.07) is 16.1. The van der Waals surface area contributed by atoms with Crippen molar-refractivity contribution in [2.45, 2.75) is 71.0 Å². The molecular weight excluding hydrogens is 570 g/mol. The van der Waals surface area contributed by atoms with Crippen molar-refractivity contribution in [3.05, 3.63) is 59.7 Å². The Hall–Kier alpha value is -2.34. The van der Waals surface area contributed by atoms with E-state index in [9.17, 15) is 22.4 Å². The van der Waals surface area contributed by atoms with Gasteiger partial charge in [0, 0.05) is 62.9 Å². The molecule has 0 spiro atoms. The molecule has 2 N–H and O–H groups in total. The second-order valence-electron chi connectivity index (χ2n) is 10.4. The van der Waals surface area contributed by atoms with Crippen molar-refractivity contribution in [3.63, 3.8) is 0 Å². The van der Waals surface area contributed by atoms with E-state index in [1.165, 1.54) is 0 Å². The number of hydrogen-bond acceptors (Lipinski definition) is 6. The highest BCUT2D eigenvalue weighted by molar-refractivity contribution is 7.97. The largest absolute Gasteiger partial charge is 0.457 e. The van der Waals surface area contributed by atoms with E-state index in [4.69, 9.17) is 9.47 Å². The summed E-state index contributed by atoms with van der Waals surface area (Å²) in [5.74, 6) is 0.964. The molecule has 42 heavy (non-hydrogen) atoms. The fraction of sp³-hybridized carbons (Fsp3) is 0.581. The number of halogens is 4. The summed E-state index contributed by atoms with van der Waals surface area (Å²) >= 11 is 0.602. The molecule has 2 aromatic carbocycles. The minimum Gasteiger partial charge on any atom is -0.457 e. The number of ether oxygens (including phenoxy) is 2. The molecule has 1 saturated heterocycles. The summed E-state index contributed by atoms with van der Waals surface area (Å²) < 4.78 is 62.4. The summed E-state index contributed by atoms with van der Waals surface area (Å²) in [4.78, 5) is 11.7. The third-order valence-corrected chi connectivity index (χ3v) is 7.94. The first-order valence-electron chi connectivity index (χ1n) is 14.5. The van der Waals surface area contributed by atoms with Crippen molar-refractivity contribution >= 4 is 17.9 Å². The van der Waals surface area contributed by atoms with Crippen molar-refractivity contribution in [1.82, 2.24) is 15.2 Å². The summed E-state index contributed by atoms with van der Waals surface area (Å²) in [5, 5.41) is 3.71. The lowest BCUT2D eigenvalue weighted by atomic mass is 9.69. The molecular formula is C31H45F4N3O3S. The molecule has 2 aliphatic heterocycles. The number of unbranched alkanes of at least 4 members (excludes halogenated alkanes) is 1. The number of carbonyl (C=O) groups excluding carboxylic acids is 1. The Morgan fingerprint density at radius 3 is 2.19 bits per heavy atom. The van der Waals surface area contributed by atoms with Crippen LogP contribution in [0.25, 0.3) is 0 Å². The van der Waals surface area contributed by atoms with Gasteiger partial charge in [0.25, 0.3) is 0 Å². The molecule has 2 aromatic rings. The SMILES string of the molecule is CC.CC1CC(NSCC(F)(F)F)CN(F)C1.COCCCCC1(CNC(C)=O)c2ccccc2Oc2ccccc21. The van der Waals surface area contributed by atoms with Crippen molar-refractivity contribution < 1.29 is 31.9 Å². The van der Waals surface area contributed by atoms with Gasteiger partial charge in [-0.1, -0.05) is 69.1 Å². The first kappa shape index (κ1) is 35.9. The van der Waals surface area contributed by atoms with Gasteiger partial charge in [-0.2, -0.15) is 13.2 Å². The monoisotopic (exact) mass is 615 g/mol. The molecule has 11 heteroatoms. The lowest BCUT2D eigenvalue weighted by Gasteiger charge is -2.40. The van der Waals surface area contributed by atoms with E-state index in [2.05, 4.69) is 22.2 Å². The van der Waals surface area contributed by atoms with Crippen LogP contribution in [0.3, 0.4) is 0 Å². The summed E-state index contributed by atoms with van der Waals surface area (Å²) in [6.45, 7) is 9.28. The van der Waals surface area contributed by atoms with Crippen molar-refractivity contribution in [1.29, 1.82) is 0 Å². The second kappa shape index (κ2) is 17.7. The smallest absolute Gasteiger partial charge is 0.399 e. The molecule has 6 nitrogen and oxygen atoms in total. The van der Waals surface area contributed by atoms with Gasteiger partial charge in [0.1, 0.15) is 17.3 Å². The Bertz CT molecular complexity index is 1030. The van der Waals surface area contributed by atoms with E-state index < -0.39 is 11.9 Å². The molecule has 4 rings (SSSR count). The Morgan fingerprint density at radius 2 is 1.67 bits per heavy atom. The molecule has 0 aliphatic carbocycles. The molecule has 2 atom stereocenters. The number of nitrogens with zero attached hydrogens (tertiary/aromatic N) is 1. The predicted octanol–water partition coefficient (Wildman–Crippen LogP) is 7.44. The van der Waals surface area contributed by atoms with Gasteiger partial charge in [0.2, 0.25) is 5.91 Å². The lowest BCUT2D eigenvalue weighted by Crippen LogP contribution is -2.43. The Balaban J connectivity index is 0.000000311. The van der Waals surface area contributed by atoms with E-state index >= 15 is 0 Å². The van der Waals surface area contributed by atoms with Crippen molar-refractivity contribution in [3.8, 4) is 11.5 Å². The average molecular weight is 616 g/mol. The molecule has 1 amide bonds. The number of fused-ring (bicyclic) bond motifs is 2. The maximum Gasteiger partial charge on any atom is 0.399 e. The zero-order valence-corrected chi connectivity index (χ0v) is 26.0. The van der Waals surface area contributed by atoms with E-state index in [-0.39, 0.29) is 29.8 Å². The van der Waals surface area contributed by atoms with Crippen LogP contribution >= 0.6 is 11.9 Å². The van der Waals surface area contributed by atoms with Crippen LogP contribution in [-0.2, 0) is 14.9 Å². The van der Waals surface area contributed by atoms with E-state index in [0.717, 1.165) is 48.5 Å². The molecule has 236 valence electrons. The van der Waals surface area contributed by atoms with E-state index in [0.29, 0.717) is 36.6 Å². The molecule has 0 saturated carbocycles. The Morgan fingerprint density at radius 1 is 1.07 bits per heavy atom. The summed E-state index contributed by atoms with van der Waals surface area (Å²) in [6.07, 6.45) is -0.535. The molecule has 2 heterocycles. The number of carbonyl (C=O) groups is 1. The number of hydrogen-bond donors (Lipinski definition) is 2. The molecule has 2 aliphatic rings. The van der Waals surface area contributed by atoms with Crippen LogP contribution < -0.4 is 14.8 Å². The predicted molar refractivity (Wildman–Crippen MR) is 161 cm³/mol. The van der Waals surface area contributed by atoms with Gasteiger partial charge in [-0.05, 0) is 43.7 Å². The van der Waals surface area contributed by atoms with Crippen LogP contribution in [0.4, 0.5) is 17.7 Å². The first-order chi connectivity index (χ1) is 20.0. The van der Waals surface area contributed by atoms with Crippen LogP contribution in [0.15, 0.2) is 48.5 Å². The fourth-order valence-corrected chi connectivity index (χ4v) is 5.93. The standard InChI is InChI=1S/C21H25NO3.C8H14F4N2S.C2H6/c1-16(23)22-15-21(13-7-8-14-24-2)17-9-3-5-11-19(17)25-20-12-6-4-10-18(20)21;1-6-2-7(4-14(12)3-6)13-15-5-8(9,10)11;1-2/h3-6,9-12H,7-8,13-15H2,1-2H3,(H,22,23);6-7,13H,2-5H2,1H3;1-2H3. The Kier molecular flexibility index (Phi) is 15.1. The quantitative estimate of drug-likeness (QED) is 0.125. The molecule has 0 bridgehead atoms. The van der Waals surface area contributed by atoms with Gasteiger partial charge in [-0.15, -0.1) is 9.60 Å². The van der Waals surface area contributed by atoms with Crippen LogP contribution in [-0.4, -0.2) is 62.4 Å². The minimum absolute atomic E-state index is 0.0160. The van der Waals surface area contributed by atoms with Gasteiger partial charge in [0.15, 0.2) is 0 Å². The summed E-state index contributed by atoms with van der Waals surface area (Å²) in [7, 11) is 1.73. The lowest BCUT2D eigenvalue weighted by molar-refractivity contribution is -0.119. The van der Waals surface area contributed by atoms with Gasteiger partial charge >= 0.3 is 6.18 Å². The minimum atomic E-state index is -4.17. The second-order valence-corrected chi connectivity index (χ2v) is 11.2. The van der Waals surface area contributed by atoms with Crippen LogP contribution in [0.1, 0.15) is 64.5 Å². The number of amides is 1. The number of piperidine rings is 1. The number of para-hydroxylation sites is 2. The van der Waals surface area contributed by atoms with Crippen molar-refractivity contribution in [2.24, 2.45) is 5.92 Å². The maximum absolute atomic E-state index is 12.9. The zero-order chi connectivity index (χ0) is 31.2. The highest BCUT2D eigenvalue weighted by Gasteiger charge is 2.41. The fourth-order valence-electron chi connectivity index (χ4n) is 5.28. The third-order valence-electron chi connectivity index (χ3n) is 6.97. The first-order valence-corrected chi connectivity index (χ1v) is 15.5. The topological polar surface area (TPSA) is 62.8 Å². The van der Waals surface area contributed by atoms with Crippen LogP contribution in [0.5, 0.6) is 11.5 Å². The number of rotatable bonds is 10. The van der Waals surface area contributed by atoms with E-state index in [1.54, 1.807) is 14.0 Å². The number of benzene rings is 2. The molecule has 1 fully saturated rings. The molecule has 0 radical (unpaired) electrons. The maximum atomic E-state index is 12.9. The van der Waals surface area contributed by atoms with Gasteiger partial charge in [-0.3, -0.25) is 9.52 Å². The average Bonchev–Trinajstić information content (AvgIpc) is 2.94. The number of alkyl halides is 3. The van der Waals surface area contributed by atoms with Gasteiger partial charge in [0.05, 0.1) is 0 Å². The zero-order valence-electron chi connectivity index (χ0n) is 25.2. The normalized spacial score (nSPS) is 19.1. The van der Waals surface area contributed by atoms with Gasteiger partial charge < -0.3 is 14.8 Å². The summed E-state index contributed by atoms with van der Waals surface area (Å²) in [5.41, 5.74) is 1.99. The number of methoxy groups -OCH3 is 1. The number of nitrogens with one attached hydrogen (secondary N) is 2. The Labute approximate surface area is 252 Å². The van der Waals surface area contributed by atoms with Crippen LogP contribution in [0.2, 0.25) is 0 Å². The highest BCUT2D eigenvalue weighted by atomic mass is 32.2. The third kappa shape index (κ3) is 11.1. The van der Waals surface area contributed by atoms with Crippen LogP contribution in [0, 0.1) is 5.92 Å². The van der Waals surface area contributed by atoms with Crippen molar-refractivity contribution in [2.75, 3.05) is 39.1 Å². The van der Waals surface area contributed by atoms with Gasteiger partial charge in [-0.25, -0.2) is 0 Å². The molecule has 0 aromatic heterocycles. The van der Waals surface area contributed by atoms with E-state index in [1.807, 2.05) is 57.2 Å².